The molecule has 3 rings (SSSR count). The van der Waals surface area contributed by atoms with Crippen LogP contribution in [0.4, 0.5) is 17.2 Å². The average Bonchev–Trinajstić information content (AvgIpc) is 2.77. The van der Waals surface area contributed by atoms with Crippen molar-refractivity contribution in [2.45, 2.75) is 20.8 Å². The van der Waals surface area contributed by atoms with Crippen LogP contribution < -0.4 is 10.2 Å². The van der Waals surface area contributed by atoms with Crippen molar-refractivity contribution in [2.75, 3.05) is 30.4 Å². The van der Waals surface area contributed by atoms with Crippen molar-refractivity contribution >= 4 is 23.2 Å². The summed E-state index contributed by atoms with van der Waals surface area (Å²) in [5.74, 6) is 0.201. The molecule has 0 spiro atoms. The van der Waals surface area contributed by atoms with E-state index in [9.17, 15) is 4.79 Å². The summed E-state index contributed by atoms with van der Waals surface area (Å²) in [4.78, 5) is 19.7. The number of aromatic nitrogens is 1. The molecule has 0 amide bonds. The fourth-order valence-corrected chi connectivity index (χ4v) is 3.50. The second-order valence-corrected chi connectivity index (χ2v) is 6.68. The number of methoxy groups -OCH3 is 1. The molecule has 29 heavy (non-hydrogen) atoms. The number of nitrogens with zero attached hydrogens (tertiary/aromatic N) is 2. The lowest BCUT2D eigenvalue weighted by molar-refractivity contribution is 0.0595. The van der Waals surface area contributed by atoms with E-state index in [-0.39, 0.29) is 0 Å². The van der Waals surface area contributed by atoms with E-state index in [2.05, 4.69) is 24.1 Å². The van der Waals surface area contributed by atoms with Crippen molar-refractivity contribution < 1.29 is 9.53 Å². The van der Waals surface area contributed by atoms with E-state index in [1.54, 1.807) is 0 Å². The van der Waals surface area contributed by atoms with Crippen LogP contribution in [0.5, 0.6) is 0 Å². The molecule has 1 heterocycles. The fraction of sp³-hybridized carbons (Fsp3) is 0.250. The van der Waals surface area contributed by atoms with Crippen LogP contribution in [0.1, 0.15) is 29.9 Å². The number of para-hydroxylation sites is 1. The van der Waals surface area contributed by atoms with Gasteiger partial charge in [0, 0.05) is 29.9 Å². The maximum absolute atomic E-state index is 12.7. The molecule has 3 aromatic rings. The molecule has 0 atom stereocenters. The van der Waals surface area contributed by atoms with Crippen molar-refractivity contribution in [1.29, 1.82) is 0 Å². The highest BCUT2D eigenvalue weighted by molar-refractivity contribution is 6.01. The van der Waals surface area contributed by atoms with Crippen LogP contribution in [-0.2, 0) is 4.74 Å². The first-order valence-corrected chi connectivity index (χ1v) is 9.86. The summed E-state index contributed by atoms with van der Waals surface area (Å²) < 4.78 is 5.10. The summed E-state index contributed by atoms with van der Waals surface area (Å²) in [5, 5.41) is 3.37. The minimum Gasteiger partial charge on any atom is -0.464 e. The Morgan fingerprint density at radius 2 is 1.59 bits per heavy atom. The Labute approximate surface area is 172 Å². The molecule has 1 N–H and O–H groups in total. The summed E-state index contributed by atoms with van der Waals surface area (Å²) in [6.45, 7) is 7.89. The summed E-state index contributed by atoms with van der Waals surface area (Å²) >= 11 is 0. The van der Waals surface area contributed by atoms with Crippen LogP contribution in [0.3, 0.4) is 0 Å². The van der Waals surface area contributed by atoms with Crippen molar-refractivity contribution in [3.05, 3.63) is 71.9 Å². The minimum absolute atomic E-state index is 0.310. The minimum atomic E-state index is -0.451. The van der Waals surface area contributed by atoms with Gasteiger partial charge in [-0.3, -0.25) is 0 Å². The van der Waals surface area contributed by atoms with Crippen molar-refractivity contribution in [3.63, 3.8) is 0 Å². The number of benzene rings is 2. The molecule has 1 aromatic heterocycles. The number of anilines is 3. The third-order valence-electron chi connectivity index (χ3n) is 4.97. The summed E-state index contributed by atoms with van der Waals surface area (Å²) in [7, 11) is 1.39. The Hall–Kier alpha value is -3.34. The zero-order valence-electron chi connectivity index (χ0n) is 17.4. The number of carbonyl (C=O) groups excluding carboxylic acids is 1. The number of hydrogen-bond acceptors (Lipinski definition) is 5. The molecule has 0 fully saturated rings. The first kappa shape index (κ1) is 20.4. The van der Waals surface area contributed by atoms with Gasteiger partial charge in [0.15, 0.2) is 5.69 Å². The first-order valence-electron chi connectivity index (χ1n) is 9.86. The molecular formula is C24H27N3O2. The van der Waals surface area contributed by atoms with Crippen LogP contribution in [0.2, 0.25) is 0 Å². The van der Waals surface area contributed by atoms with Gasteiger partial charge < -0.3 is 15.0 Å². The number of pyridine rings is 1. The molecule has 0 unspecified atom stereocenters. The molecule has 0 saturated carbocycles. The Bertz CT molecular complexity index is 968. The van der Waals surface area contributed by atoms with E-state index in [4.69, 9.17) is 9.72 Å². The number of nitrogens with one attached hydrogen (secondary N) is 1. The smallest absolute Gasteiger partial charge is 0.357 e. The molecular weight excluding hydrogens is 362 g/mol. The largest absolute Gasteiger partial charge is 0.464 e. The number of hydrogen-bond donors (Lipinski definition) is 1. The highest BCUT2D eigenvalue weighted by Crippen LogP contribution is 2.40. The van der Waals surface area contributed by atoms with Gasteiger partial charge in [-0.25, -0.2) is 9.78 Å². The Morgan fingerprint density at radius 1 is 1.00 bits per heavy atom. The maximum atomic E-state index is 12.7. The predicted octanol–water partition coefficient (Wildman–Crippen LogP) is 5.43. The van der Waals surface area contributed by atoms with Gasteiger partial charge in [0.2, 0.25) is 0 Å². The van der Waals surface area contributed by atoms with Crippen LogP contribution in [0, 0.1) is 6.92 Å². The normalized spacial score (nSPS) is 10.5. The maximum Gasteiger partial charge on any atom is 0.357 e. The third kappa shape index (κ3) is 4.24. The fourth-order valence-electron chi connectivity index (χ4n) is 3.50. The molecule has 0 aliphatic heterocycles. The number of ether oxygens (including phenoxy) is 1. The van der Waals surface area contributed by atoms with Crippen LogP contribution in [0.25, 0.3) is 11.1 Å². The highest BCUT2D eigenvalue weighted by Gasteiger charge is 2.26. The van der Waals surface area contributed by atoms with Crippen LogP contribution in [-0.4, -0.2) is 31.2 Å². The molecule has 0 aliphatic rings. The van der Waals surface area contributed by atoms with Gasteiger partial charge in [0.05, 0.1) is 12.8 Å². The van der Waals surface area contributed by atoms with Crippen molar-refractivity contribution in [3.8, 4) is 11.1 Å². The first-order chi connectivity index (χ1) is 14.1. The Morgan fingerprint density at radius 3 is 2.14 bits per heavy atom. The molecule has 150 valence electrons. The Kier molecular flexibility index (Phi) is 6.50. The number of carbonyl (C=O) groups is 1. The zero-order chi connectivity index (χ0) is 20.8. The molecule has 0 saturated heterocycles. The number of esters is 1. The Balaban J connectivity index is 2.31. The quantitative estimate of drug-likeness (QED) is 0.546. The van der Waals surface area contributed by atoms with E-state index in [0.29, 0.717) is 11.5 Å². The van der Waals surface area contributed by atoms with E-state index in [0.717, 1.165) is 41.2 Å². The second-order valence-electron chi connectivity index (χ2n) is 6.68. The number of rotatable bonds is 7. The lowest BCUT2D eigenvalue weighted by Gasteiger charge is -2.29. The van der Waals surface area contributed by atoms with Gasteiger partial charge in [-0.15, -0.1) is 0 Å². The molecule has 2 aromatic carbocycles. The molecule has 5 heteroatoms. The lowest BCUT2D eigenvalue weighted by Crippen LogP contribution is -2.25. The van der Waals surface area contributed by atoms with E-state index < -0.39 is 5.97 Å². The standard InChI is InChI=1S/C24H27N3O2/c1-5-27(6-2)22-17(3)23(25-19-15-11-8-12-16-19)26-21(24(28)29-4)20(22)18-13-9-7-10-14-18/h7-16H,5-6H2,1-4H3,(H,25,26). The summed E-state index contributed by atoms with van der Waals surface area (Å²) in [6.07, 6.45) is 0. The van der Waals surface area contributed by atoms with Gasteiger partial charge in [-0.1, -0.05) is 48.5 Å². The highest BCUT2D eigenvalue weighted by atomic mass is 16.5. The average molecular weight is 389 g/mol. The zero-order valence-corrected chi connectivity index (χ0v) is 17.4. The monoisotopic (exact) mass is 389 g/mol. The van der Waals surface area contributed by atoms with Crippen molar-refractivity contribution in [1.82, 2.24) is 4.98 Å². The van der Waals surface area contributed by atoms with Crippen LogP contribution >= 0.6 is 0 Å². The van der Waals surface area contributed by atoms with Crippen LogP contribution in [0.15, 0.2) is 60.7 Å². The molecule has 0 radical (unpaired) electrons. The van der Waals surface area contributed by atoms with E-state index in [1.807, 2.05) is 67.6 Å². The van der Waals surface area contributed by atoms with Gasteiger partial charge in [0.1, 0.15) is 5.82 Å². The molecule has 0 aliphatic carbocycles. The predicted molar refractivity (Wildman–Crippen MR) is 119 cm³/mol. The topological polar surface area (TPSA) is 54.5 Å². The second kappa shape index (κ2) is 9.24. The van der Waals surface area contributed by atoms with Gasteiger partial charge in [-0.2, -0.15) is 0 Å². The SMILES string of the molecule is CCN(CC)c1c(C)c(Nc2ccccc2)nc(C(=O)OC)c1-c1ccccc1. The van der Waals surface area contributed by atoms with Gasteiger partial charge in [-0.05, 0) is 38.5 Å². The van der Waals surface area contributed by atoms with Gasteiger partial charge in [0.25, 0.3) is 0 Å². The molecule has 0 bridgehead atoms. The lowest BCUT2D eigenvalue weighted by atomic mass is 9.97. The molecule has 5 nitrogen and oxygen atoms in total. The van der Waals surface area contributed by atoms with E-state index >= 15 is 0 Å². The van der Waals surface area contributed by atoms with E-state index in [1.165, 1.54) is 7.11 Å². The van der Waals surface area contributed by atoms with Gasteiger partial charge >= 0.3 is 5.97 Å². The van der Waals surface area contributed by atoms with Crippen molar-refractivity contribution in [2.24, 2.45) is 0 Å². The third-order valence-corrected chi connectivity index (χ3v) is 4.97. The summed E-state index contributed by atoms with van der Waals surface area (Å²) in [6, 6.07) is 19.7. The summed E-state index contributed by atoms with van der Waals surface area (Å²) in [5.41, 5.74) is 4.95.